The maximum atomic E-state index is 12.9. The van der Waals surface area contributed by atoms with Gasteiger partial charge in [0.15, 0.2) is 5.17 Å². The first-order valence-corrected chi connectivity index (χ1v) is 7.74. The largest absolute Gasteiger partial charge is 0.507 e. The van der Waals surface area contributed by atoms with E-state index in [-0.39, 0.29) is 17.5 Å². The molecule has 0 bridgehead atoms. The van der Waals surface area contributed by atoms with Crippen molar-refractivity contribution in [2.24, 2.45) is 4.99 Å². The Hall–Kier alpha value is -2.31. The summed E-state index contributed by atoms with van der Waals surface area (Å²) in [6.45, 7) is 0. The lowest BCUT2D eigenvalue weighted by molar-refractivity contribution is -0.115. The van der Waals surface area contributed by atoms with Crippen molar-refractivity contribution >= 4 is 46.2 Å². The molecule has 1 aliphatic heterocycles. The summed E-state index contributed by atoms with van der Waals surface area (Å²) >= 11 is 7.02. The normalized spacial score (nSPS) is 17.7. The molecule has 4 nitrogen and oxygen atoms in total. The van der Waals surface area contributed by atoms with Crippen LogP contribution in [0, 0.1) is 5.82 Å². The first-order valence-electron chi connectivity index (χ1n) is 6.55. The number of phenols is 1. The fraction of sp³-hybridized carbons (Fsp3) is 0. The van der Waals surface area contributed by atoms with E-state index in [0.717, 1.165) is 11.8 Å². The van der Waals surface area contributed by atoms with E-state index in [1.165, 1.54) is 36.4 Å². The number of thioether (sulfide) groups is 1. The van der Waals surface area contributed by atoms with Crippen LogP contribution >= 0.6 is 23.4 Å². The number of amides is 1. The monoisotopic (exact) mass is 348 g/mol. The minimum atomic E-state index is -0.353. The molecule has 1 amide bonds. The quantitative estimate of drug-likeness (QED) is 0.804. The molecule has 2 N–H and O–H groups in total. The van der Waals surface area contributed by atoms with E-state index >= 15 is 0 Å². The van der Waals surface area contributed by atoms with E-state index in [1.807, 2.05) is 0 Å². The summed E-state index contributed by atoms with van der Waals surface area (Å²) in [7, 11) is 0. The van der Waals surface area contributed by atoms with Crippen LogP contribution in [0.1, 0.15) is 5.56 Å². The van der Waals surface area contributed by atoms with Crippen LogP contribution in [0.3, 0.4) is 0 Å². The predicted octanol–water partition coefficient (Wildman–Crippen LogP) is 4.08. The number of nitrogens with zero attached hydrogens (tertiary/aromatic N) is 1. The third-order valence-corrected chi connectivity index (χ3v) is 4.13. The highest BCUT2D eigenvalue weighted by atomic mass is 35.5. The molecule has 1 aliphatic rings. The van der Waals surface area contributed by atoms with Crippen molar-refractivity contribution in [2.45, 2.75) is 0 Å². The highest BCUT2D eigenvalue weighted by molar-refractivity contribution is 8.18. The van der Waals surface area contributed by atoms with Crippen molar-refractivity contribution in [1.82, 2.24) is 5.32 Å². The molecule has 7 heteroatoms. The van der Waals surface area contributed by atoms with Gasteiger partial charge in [0.2, 0.25) is 0 Å². The number of carbonyl (C=O) groups is 1. The van der Waals surface area contributed by atoms with E-state index < -0.39 is 0 Å². The van der Waals surface area contributed by atoms with E-state index in [9.17, 15) is 14.3 Å². The van der Waals surface area contributed by atoms with Gasteiger partial charge in [-0.25, -0.2) is 9.38 Å². The lowest BCUT2D eigenvalue weighted by Gasteiger charge is -2.00. The van der Waals surface area contributed by atoms with Gasteiger partial charge in [-0.2, -0.15) is 0 Å². The van der Waals surface area contributed by atoms with Gasteiger partial charge < -0.3 is 10.4 Å². The van der Waals surface area contributed by atoms with E-state index in [2.05, 4.69) is 10.3 Å². The lowest BCUT2D eigenvalue weighted by Crippen LogP contribution is -2.19. The summed E-state index contributed by atoms with van der Waals surface area (Å²) in [4.78, 5) is 16.6. The first kappa shape index (κ1) is 15.6. The van der Waals surface area contributed by atoms with E-state index in [1.54, 1.807) is 12.1 Å². The van der Waals surface area contributed by atoms with Gasteiger partial charge in [-0.3, -0.25) is 4.79 Å². The number of rotatable bonds is 2. The second-order valence-electron chi connectivity index (χ2n) is 4.66. The van der Waals surface area contributed by atoms with Crippen molar-refractivity contribution in [3.8, 4) is 5.75 Å². The lowest BCUT2D eigenvalue weighted by atomic mass is 10.2. The fourth-order valence-corrected chi connectivity index (χ4v) is 2.91. The van der Waals surface area contributed by atoms with Crippen molar-refractivity contribution in [1.29, 1.82) is 0 Å². The molecule has 116 valence electrons. The van der Waals surface area contributed by atoms with Gasteiger partial charge in [-0.05, 0) is 60.3 Å². The van der Waals surface area contributed by atoms with Crippen molar-refractivity contribution in [2.75, 3.05) is 0 Å². The molecular formula is C16H10ClFN2O2S. The minimum Gasteiger partial charge on any atom is -0.507 e. The van der Waals surface area contributed by atoms with Gasteiger partial charge in [-0.15, -0.1) is 0 Å². The molecule has 23 heavy (non-hydrogen) atoms. The number of carbonyl (C=O) groups excluding carboxylic acids is 1. The zero-order valence-corrected chi connectivity index (χ0v) is 13.2. The van der Waals surface area contributed by atoms with Crippen LogP contribution in [0.5, 0.6) is 5.75 Å². The molecule has 1 fully saturated rings. The second-order valence-corrected chi connectivity index (χ2v) is 6.13. The van der Waals surface area contributed by atoms with Crippen LogP contribution in [0.2, 0.25) is 5.02 Å². The molecule has 0 unspecified atom stereocenters. The van der Waals surface area contributed by atoms with Gasteiger partial charge in [0, 0.05) is 10.6 Å². The molecule has 2 aromatic rings. The number of hydrogen-bond acceptors (Lipinski definition) is 4. The minimum absolute atomic E-state index is 0.0271. The summed E-state index contributed by atoms with van der Waals surface area (Å²) < 4.78 is 12.9. The van der Waals surface area contributed by atoms with Gasteiger partial charge in [0.05, 0.1) is 10.6 Å². The Morgan fingerprint density at radius 1 is 1.22 bits per heavy atom. The summed E-state index contributed by atoms with van der Waals surface area (Å²) in [6, 6.07) is 10.2. The molecule has 1 saturated heterocycles. The third-order valence-electron chi connectivity index (χ3n) is 2.98. The highest BCUT2D eigenvalue weighted by Crippen LogP contribution is 2.31. The smallest absolute Gasteiger partial charge is 0.264 e. The van der Waals surface area contributed by atoms with Gasteiger partial charge in [0.25, 0.3) is 5.91 Å². The Balaban J connectivity index is 1.86. The topological polar surface area (TPSA) is 61.7 Å². The van der Waals surface area contributed by atoms with Crippen LogP contribution < -0.4 is 5.32 Å². The molecular weight excluding hydrogens is 339 g/mol. The maximum absolute atomic E-state index is 12.9. The SMILES string of the molecule is O=C1NC(=Nc2ccc(F)cc2)S/C1=C\c1cc(Cl)ccc1O. The van der Waals surface area contributed by atoms with Gasteiger partial charge in [0.1, 0.15) is 11.6 Å². The van der Waals surface area contributed by atoms with Crippen molar-refractivity contribution in [3.63, 3.8) is 0 Å². The van der Waals surface area contributed by atoms with Gasteiger partial charge in [-0.1, -0.05) is 11.6 Å². The first-order chi connectivity index (χ1) is 11.0. The molecule has 3 rings (SSSR count). The predicted molar refractivity (Wildman–Crippen MR) is 90.3 cm³/mol. The number of amidine groups is 1. The number of aliphatic imine (C=N–C) groups is 1. The molecule has 0 spiro atoms. The Labute approximate surface area is 140 Å². The van der Waals surface area contributed by atoms with E-state index in [4.69, 9.17) is 11.6 Å². The molecule has 0 atom stereocenters. The maximum Gasteiger partial charge on any atom is 0.264 e. The molecule has 0 saturated carbocycles. The van der Waals surface area contributed by atoms with Crippen LogP contribution in [-0.4, -0.2) is 16.2 Å². The number of aromatic hydroxyl groups is 1. The molecule has 2 aromatic carbocycles. The number of benzene rings is 2. The Morgan fingerprint density at radius 3 is 2.70 bits per heavy atom. The molecule has 0 radical (unpaired) electrons. The second kappa shape index (κ2) is 6.44. The number of nitrogens with one attached hydrogen (secondary N) is 1. The fourth-order valence-electron chi connectivity index (χ4n) is 1.90. The van der Waals surface area contributed by atoms with Crippen LogP contribution in [0.15, 0.2) is 52.4 Å². The standard InChI is InChI=1S/C16H10ClFN2O2S/c17-10-1-6-13(21)9(7-10)8-14-15(22)20-16(23-14)19-12-4-2-11(18)3-5-12/h1-8,21H,(H,19,20,22)/b14-8-. The van der Waals surface area contributed by atoms with Crippen LogP contribution in [0.25, 0.3) is 6.08 Å². The van der Waals surface area contributed by atoms with Crippen LogP contribution in [0.4, 0.5) is 10.1 Å². The Morgan fingerprint density at radius 2 is 1.96 bits per heavy atom. The average Bonchev–Trinajstić information content (AvgIpc) is 2.85. The molecule has 1 heterocycles. The summed E-state index contributed by atoms with van der Waals surface area (Å²) in [5.74, 6) is -0.650. The summed E-state index contributed by atoms with van der Waals surface area (Å²) in [5.41, 5.74) is 0.972. The molecule has 0 aliphatic carbocycles. The zero-order valence-electron chi connectivity index (χ0n) is 11.6. The van der Waals surface area contributed by atoms with Gasteiger partial charge >= 0.3 is 0 Å². The zero-order chi connectivity index (χ0) is 16.4. The van der Waals surface area contributed by atoms with Crippen molar-refractivity contribution in [3.05, 3.63) is 63.8 Å². The van der Waals surface area contributed by atoms with Crippen LogP contribution in [-0.2, 0) is 4.79 Å². The average molecular weight is 349 g/mol. The summed E-state index contributed by atoms with van der Waals surface area (Å²) in [5, 5.41) is 13.3. The number of hydrogen-bond donors (Lipinski definition) is 2. The number of halogens is 2. The number of phenolic OH excluding ortho intramolecular Hbond substituents is 1. The van der Waals surface area contributed by atoms with Crippen molar-refractivity contribution < 1.29 is 14.3 Å². The van der Waals surface area contributed by atoms with E-state index in [0.29, 0.717) is 26.3 Å². The highest BCUT2D eigenvalue weighted by Gasteiger charge is 2.24. The Bertz CT molecular complexity index is 834. The molecule has 0 aromatic heterocycles. The third kappa shape index (κ3) is 3.72. The summed E-state index contributed by atoms with van der Waals surface area (Å²) in [6.07, 6.45) is 1.54. The Kier molecular flexibility index (Phi) is 4.36.